The highest BCUT2D eigenvalue weighted by Crippen LogP contribution is 2.29. The molecule has 5 heteroatoms. The number of aromatic nitrogens is 2. The fourth-order valence-corrected chi connectivity index (χ4v) is 2.66. The zero-order valence-corrected chi connectivity index (χ0v) is 11.7. The summed E-state index contributed by atoms with van der Waals surface area (Å²) in [5, 5.41) is 1.96. The molecule has 0 unspecified atom stereocenters. The zero-order chi connectivity index (χ0) is 15.1. The molecule has 108 valence electrons. The number of esters is 1. The fourth-order valence-electron chi connectivity index (χ4n) is 2.66. The van der Waals surface area contributed by atoms with Gasteiger partial charge in [-0.3, -0.25) is 4.79 Å². The van der Waals surface area contributed by atoms with Crippen molar-refractivity contribution in [1.29, 1.82) is 0 Å². The quantitative estimate of drug-likeness (QED) is 0.455. The van der Waals surface area contributed by atoms with E-state index in [1.54, 1.807) is 6.07 Å². The summed E-state index contributed by atoms with van der Waals surface area (Å²) < 4.78 is 7.31. The summed E-state index contributed by atoms with van der Waals surface area (Å²) in [5.41, 5.74) is 7.87. The van der Waals surface area contributed by atoms with Gasteiger partial charge in [-0.05, 0) is 24.3 Å². The van der Waals surface area contributed by atoms with Crippen molar-refractivity contribution in [2.45, 2.75) is 0 Å². The molecular formula is C17H13N3O2. The lowest BCUT2D eigenvalue weighted by Crippen LogP contribution is -2.19. The first-order chi connectivity index (χ1) is 10.8. The minimum absolute atomic E-state index is 0.159. The molecule has 0 saturated carbocycles. The van der Waals surface area contributed by atoms with Crippen LogP contribution in [0.1, 0.15) is 0 Å². The number of nitrogens with two attached hydrogens (primary N) is 1. The summed E-state index contributed by atoms with van der Waals surface area (Å²) in [4.78, 5) is 16.2. The van der Waals surface area contributed by atoms with Crippen molar-refractivity contribution in [2.24, 2.45) is 5.73 Å². The standard InChI is InChI=1S/C17H13N3O2/c18-9-15(21)22-14-6-3-4-11-8-12-10-20-7-2-1-5-13(20)16(12)19-17(11)14/h1-8,10H,9,18H2. The van der Waals surface area contributed by atoms with Crippen LogP contribution in [0.15, 0.2) is 54.9 Å². The number of benzene rings is 1. The Kier molecular flexibility index (Phi) is 2.80. The average molecular weight is 291 g/mol. The van der Waals surface area contributed by atoms with Gasteiger partial charge < -0.3 is 14.9 Å². The second kappa shape index (κ2) is 4.82. The average Bonchev–Trinajstić information content (AvgIpc) is 2.90. The van der Waals surface area contributed by atoms with E-state index >= 15 is 0 Å². The summed E-state index contributed by atoms with van der Waals surface area (Å²) in [6, 6.07) is 13.5. The molecule has 0 fully saturated rings. The Balaban J connectivity index is 2.03. The van der Waals surface area contributed by atoms with Gasteiger partial charge in [0, 0.05) is 23.2 Å². The van der Waals surface area contributed by atoms with Crippen molar-refractivity contribution in [3.8, 4) is 5.75 Å². The van der Waals surface area contributed by atoms with E-state index in [9.17, 15) is 4.79 Å². The number of carbonyl (C=O) groups excluding carboxylic acids is 1. The highest BCUT2D eigenvalue weighted by atomic mass is 16.5. The van der Waals surface area contributed by atoms with Crippen molar-refractivity contribution < 1.29 is 9.53 Å². The number of rotatable bonds is 2. The molecule has 0 aliphatic rings. The predicted octanol–water partition coefficient (Wildman–Crippen LogP) is 2.50. The molecule has 2 N–H and O–H groups in total. The molecule has 5 nitrogen and oxygen atoms in total. The van der Waals surface area contributed by atoms with E-state index in [1.807, 2.05) is 53.2 Å². The van der Waals surface area contributed by atoms with E-state index in [0.29, 0.717) is 11.3 Å². The zero-order valence-electron chi connectivity index (χ0n) is 11.7. The number of fused-ring (bicyclic) bond motifs is 4. The summed E-state index contributed by atoms with van der Waals surface area (Å²) in [5.74, 6) is -0.0405. The van der Waals surface area contributed by atoms with Gasteiger partial charge in [-0.2, -0.15) is 0 Å². The molecular weight excluding hydrogens is 278 g/mol. The molecule has 0 bridgehead atoms. The van der Waals surface area contributed by atoms with E-state index in [0.717, 1.165) is 21.8 Å². The molecule has 4 rings (SSSR count). The van der Waals surface area contributed by atoms with Crippen LogP contribution in [0.25, 0.3) is 27.3 Å². The second-order valence-corrected chi connectivity index (χ2v) is 5.05. The molecule has 0 aliphatic carbocycles. The van der Waals surface area contributed by atoms with Crippen molar-refractivity contribution in [3.63, 3.8) is 0 Å². The van der Waals surface area contributed by atoms with Gasteiger partial charge in [0.15, 0.2) is 5.75 Å². The largest absolute Gasteiger partial charge is 0.423 e. The summed E-state index contributed by atoms with van der Waals surface area (Å²) in [6.45, 7) is -0.159. The van der Waals surface area contributed by atoms with Crippen LogP contribution in [0.4, 0.5) is 0 Å². The van der Waals surface area contributed by atoms with Gasteiger partial charge in [-0.25, -0.2) is 4.98 Å². The van der Waals surface area contributed by atoms with E-state index in [4.69, 9.17) is 15.5 Å². The van der Waals surface area contributed by atoms with Crippen molar-refractivity contribution in [1.82, 2.24) is 9.38 Å². The van der Waals surface area contributed by atoms with Crippen LogP contribution in [0.2, 0.25) is 0 Å². The highest BCUT2D eigenvalue weighted by Gasteiger charge is 2.11. The molecule has 0 amide bonds. The Labute approximate surface area is 125 Å². The number of nitrogens with zero attached hydrogens (tertiary/aromatic N) is 2. The van der Waals surface area contributed by atoms with Crippen molar-refractivity contribution in [3.05, 3.63) is 54.9 Å². The molecule has 1 aromatic carbocycles. The minimum atomic E-state index is -0.476. The Morgan fingerprint density at radius 2 is 2.05 bits per heavy atom. The lowest BCUT2D eigenvalue weighted by atomic mass is 10.1. The highest BCUT2D eigenvalue weighted by molar-refractivity contribution is 6.02. The lowest BCUT2D eigenvalue weighted by molar-refractivity contribution is -0.132. The first-order valence-corrected chi connectivity index (χ1v) is 6.96. The minimum Gasteiger partial charge on any atom is -0.423 e. The maximum absolute atomic E-state index is 11.5. The molecule has 4 aromatic rings. The maximum atomic E-state index is 11.5. The third-order valence-electron chi connectivity index (χ3n) is 3.64. The molecule has 0 aliphatic heterocycles. The summed E-state index contributed by atoms with van der Waals surface area (Å²) >= 11 is 0. The number of hydrogen-bond donors (Lipinski definition) is 1. The van der Waals surface area contributed by atoms with Crippen molar-refractivity contribution >= 4 is 33.3 Å². The van der Waals surface area contributed by atoms with Gasteiger partial charge in [0.25, 0.3) is 0 Å². The number of hydrogen-bond acceptors (Lipinski definition) is 4. The number of pyridine rings is 2. The molecule has 3 heterocycles. The third-order valence-corrected chi connectivity index (χ3v) is 3.64. The second-order valence-electron chi connectivity index (χ2n) is 5.05. The Morgan fingerprint density at radius 1 is 1.14 bits per heavy atom. The number of carbonyl (C=O) groups is 1. The Bertz CT molecular complexity index is 1020. The van der Waals surface area contributed by atoms with Crippen LogP contribution < -0.4 is 10.5 Å². The van der Waals surface area contributed by atoms with E-state index in [1.165, 1.54) is 0 Å². The molecule has 0 saturated heterocycles. The number of para-hydroxylation sites is 1. The Hall–Kier alpha value is -2.92. The van der Waals surface area contributed by atoms with Crippen molar-refractivity contribution in [2.75, 3.05) is 6.54 Å². The molecule has 0 atom stereocenters. The van der Waals surface area contributed by atoms with Crippen LogP contribution in [0.3, 0.4) is 0 Å². The SMILES string of the molecule is NCC(=O)Oc1cccc2cc3cn4ccccc4c3nc12. The van der Waals surface area contributed by atoms with Crippen LogP contribution in [-0.2, 0) is 4.79 Å². The van der Waals surface area contributed by atoms with Gasteiger partial charge in [0.1, 0.15) is 5.52 Å². The summed E-state index contributed by atoms with van der Waals surface area (Å²) in [7, 11) is 0. The first-order valence-electron chi connectivity index (χ1n) is 6.96. The van der Waals surface area contributed by atoms with Crippen LogP contribution >= 0.6 is 0 Å². The predicted molar refractivity (Wildman–Crippen MR) is 84.9 cm³/mol. The van der Waals surface area contributed by atoms with E-state index < -0.39 is 5.97 Å². The van der Waals surface area contributed by atoms with Gasteiger partial charge in [0.05, 0.1) is 17.6 Å². The number of ether oxygens (including phenoxy) is 1. The third kappa shape index (κ3) is 1.91. The monoisotopic (exact) mass is 291 g/mol. The molecule has 0 spiro atoms. The fraction of sp³-hybridized carbons (Fsp3) is 0.0588. The van der Waals surface area contributed by atoms with E-state index in [2.05, 4.69) is 0 Å². The van der Waals surface area contributed by atoms with E-state index in [-0.39, 0.29) is 6.54 Å². The normalized spacial score (nSPS) is 11.3. The molecule has 0 radical (unpaired) electrons. The topological polar surface area (TPSA) is 69.6 Å². The van der Waals surface area contributed by atoms with Gasteiger partial charge in [-0.1, -0.05) is 18.2 Å². The Morgan fingerprint density at radius 3 is 2.91 bits per heavy atom. The summed E-state index contributed by atoms with van der Waals surface area (Å²) in [6.07, 6.45) is 4.02. The molecule has 22 heavy (non-hydrogen) atoms. The lowest BCUT2D eigenvalue weighted by Gasteiger charge is -2.06. The first kappa shape index (κ1) is 12.8. The van der Waals surface area contributed by atoms with Gasteiger partial charge >= 0.3 is 5.97 Å². The maximum Gasteiger partial charge on any atom is 0.325 e. The van der Waals surface area contributed by atoms with Gasteiger partial charge in [0.2, 0.25) is 0 Å². The molecule has 3 aromatic heterocycles. The van der Waals surface area contributed by atoms with Crippen LogP contribution in [0.5, 0.6) is 5.75 Å². The van der Waals surface area contributed by atoms with Crippen LogP contribution in [-0.4, -0.2) is 21.9 Å². The smallest absolute Gasteiger partial charge is 0.325 e. The van der Waals surface area contributed by atoms with Gasteiger partial charge in [-0.15, -0.1) is 0 Å². The van der Waals surface area contributed by atoms with Crippen LogP contribution in [0, 0.1) is 0 Å².